The van der Waals surface area contributed by atoms with Gasteiger partial charge in [-0.3, -0.25) is 0 Å². The predicted molar refractivity (Wildman–Crippen MR) is 90.1 cm³/mol. The largest absolute Gasteiger partial charge is 0.377 e. The number of hydrogen-bond donors (Lipinski definition) is 1. The molecule has 4 nitrogen and oxygen atoms in total. The lowest BCUT2D eigenvalue weighted by Gasteiger charge is -2.63. The van der Waals surface area contributed by atoms with Crippen LogP contribution in [0, 0.1) is 11.3 Å². The molecule has 2 heterocycles. The van der Waals surface area contributed by atoms with Crippen molar-refractivity contribution in [2.45, 2.75) is 42.7 Å². The van der Waals surface area contributed by atoms with Gasteiger partial charge in [0.25, 0.3) is 0 Å². The first kappa shape index (κ1) is 14.4. The van der Waals surface area contributed by atoms with Crippen molar-refractivity contribution in [1.82, 2.24) is 4.72 Å². The number of thiophene rings is 1. The minimum Gasteiger partial charge on any atom is -0.377 e. The first-order chi connectivity index (χ1) is 11.1. The lowest BCUT2D eigenvalue weighted by molar-refractivity contribution is -0.169. The maximum atomic E-state index is 13.0. The number of fused-ring (bicyclic) bond motifs is 3. The van der Waals surface area contributed by atoms with Gasteiger partial charge < -0.3 is 4.74 Å². The molecule has 2 aromatic rings. The van der Waals surface area contributed by atoms with Gasteiger partial charge in [-0.25, -0.2) is 13.1 Å². The Hall–Kier alpha value is -0.950. The standard InChI is InChI=1S/C17H19NO3S2/c19-23(20,14-10-22-13-5-2-1-4-11(13)14)18-15-12-6-9-21-16(12)17(15)7-3-8-17/h1-2,4-5,10,12,15-16,18H,3,6-9H2. The van der Waals surface area contributed by atoms with Gasteiger partial charge in [0.15, 0.2) is 0 Å². The molecule has 6 heteroatoms. The molecule has 122 valence electrons. The monoisotopic (exact) mass is 349 g/mol. The molecule has 2 saturated carbocycles. The second-order valence-corrected chi connectivity index (χ2v) is 9.62. The summed E-state index contributed by atoms with van der Waals surface area (Å²) >= 11 is 1.49. The SMILES string of the molecule is O=S(=O)(NC1C2CCOC2C12CCC2)c1csc2ccccc12. The third-order valence-electron chi connectivity index (χ3n) is 6.05. The Morgan fingerprint density at radius 1 is 1.26 bits per heavy atom. The fourth-order valence-electron chi connectivity index (χ4n) is 4.80. The molecule has 5 rings (SSSR count). The van der Waals surface area contributed by atoms with Crippen molar-refractivity contribution in [3.8, 4) is 0 Å². The van der Waals surface area contributed by atoms with Crippen LogP contribution in [-0.2, 0) is 14.8 Å². The molecule has 0 bridgehead atoms. The molecule has 0 amide bonds. The third-order valence-corrected chi connectivity index (χ3v) is 8.65. The molecular weight excluding hydrogens is 330 g/mol. The zero-order valence-corrected chi connectivity index (χ0v) is 14.3. The average molecular weight is 349 g/mol. The van der Waals surface area contributed by atoms with Gasteiger partial charge in [0, 0.05) is 39.4 Å². The van der Waals surface area contributed by atoms with E-state index in [4.69, 9.17) is 4.74 Å². The van der Waals surface area contributed by atoms with Gasteiger partial charge in [0.05, 0.1) is 6.10 Å². The highest BCUT2D eigenvalue weighted by atomic mass is 32.2. The van der Waals surface area contributed by atoms with Crippen molar-refractivity contribution in [1.29, 1.82) is 0 Å². The molecule has 1 aromatic carbocycles. The van der Waals surface area contributed by atoms with Crippen molar-refractivity contribution in [2.75, 3.05) is 6.61 Å². The number of ether oxygens (including phenoxy) is 1. The quantitative estimate of drug-likeness (QED) is 0.926. The smallest absolute Gasteiger partial charge is 0.242 e. The highest BCUT2D eigenvalue weighted by Crippen LogP contribution is 2.63. The van der Waals surface area contributed by atoms with Crippen LogP contribution in [0.5, 0.6) is 0 Å². The van der Waals surface area contributed by atoms with E-state index in [1.165, 1.54) is 17.8 Å². The Balaban J connectivity index is 1.49. The number of benzene rings is 1. The molecule has 3 unspecified atom stereocenters. The number of sulfonamides is 1. The minimum atomic E-state index is -3.48. The summed E-state index contributed by atoms with van der Waals surface area (Å²) in [6.07, 6.45) is 4.62. The molecule has 1 aliphatic heterocycles. The molecule has 3 atom stereocenters. The van der Waals surface area contributed by atoms with E-state index in [0.717, 1.165) is 36.0 Å². The van der Waals surface area contributed by atoms with Gasteiger partial charge in [-0.2, -0.15) is 0 Å². The average Bonchev–Trinajstić information content (AvgIpc) is 3.08. The molecule has 3 aliphatic rings. The number of nitrogens with one attached hydrogen (secondary N) is 1. The van der Waals surface area contributed by atoms with Crippen molar-refractivity contribution < 1.29 is 13.2 Å². The third kappa shape index (κ3) is 1.86. The summed E-state index contributed by atoms with van der Waals surface area (Å²) in [4.78, 5) is 0.426. The lowest BCUT2D eigenvalue weighted by atomic mass is 9.47. The Kier molecular flexibility index (Phi) is 3.00. The molecule has 23 heavy (non-hydrogen) atoms. The van der Waals surface area contributed by atoms with Crippen molar-refractivity contribution in [3.63, 3.8) is 0 Å². The van der Waals surface area contributed by atoms with Crippen LogP contribution >= 0.6 is 11.3 Å². The van der Waals surface area contributed by atoms with Crippen LogP contribution < -0.4 is 4.72 Å². The first-order valence-electron chi connectivity index (χ1n) is 8.22. The molecule has 1 saturated heterocycles. The van der Waals surface area contributed by atoms with E-state index in [0.29, 0.717) is 10.8 Å². The number of rotatable bonds is 3. The summed E-state index contributed by atoms with van der Waals surface area (Å²) in [7, 11) is -3.48. The van der Waals surface area contributed by atoms with Crippen LogP contribution in [0.25, 0.3) is 10.1 Å². The summed E-state index contributed by atoms with van der Waals surface area (Å²) in [6.45, 7) is 0.774. The second-order valence-electron chi connectivity index (χ2n) is 7.03. The molecule has 3 fully saturated rings. The summed E-state index contributed by atoms with van der Waals surface area (Å²) in [5.74, 6) is 0.356. The molecule has 1 N–H and O–H groups in total. The van der Waals surface area contributed by atoms with Crippen molar-refractivity contribution in [3.05, 3.63) is 29.6 Å². The van der Waals surface area contributed by atoms with E-state index in [1.54, 1.807) is 5.38 Å². The van der Waals surface area contributed by atoms with Gasteiger partial charge in [0.1, 0.15) is 4.90 Å². The summed E-state index contributed by atoms with van der Waals surface area (Å²) < 4.78 is 35.9. The van der Waals surface area contributed by atoms with E-state index in [2.05, 4.69) is 4.72 Å². The normalized spacial score (nSPS) is 31.7. The van der Waals surface area contributed by atoms with Gasteiger partial charge in [-0.05, 0) is 25.3 Å². The number of hydrogen-bond acceptors (Lipinski definition) is 4. The summed E-state index contributed by atoms with van der Waals surface area (Å²) in [5.41, 5.74) is 0.0695. The molecule has 1 spiro atoms. The molecule has 2 aliphatic carbocycles. The van der Waals surface area contributed by atoms with Crippen LogP contribution in [-0.4, -0.2) is 27.2 Å². The molecule has 1 aromatic heterocycles. The highest BCUT2D eigenvalue weighted by molar-refractivity contribution is 7.90. The zero-order chi connectivity index (χ0) is 15.7. The van der Waals surface area contributed by atoms with E-state index >= 15 is 0 Å². The fraction of sp³-hybridized carbons (Fsp3) is 0.529. The van der Waals surface area contributed by atoms with E-state index in [-0.39, 0.29) is 17.6 Å². The summed E-state index contributed by atoms with van der Waals surface area (Å²) in [6, 6.07) is 7.75. The summed E-state index contributed by atoms with van der Waals surface area (Å²) in [5, 5.41) is 2.59. The van der Waals surface area contributed by atoms with E-state index in [1.807, 2.05) is 24.3 Å². The second kappa shape index (κ2) is 4.79. The van der Waals surface area contributed by atoms with Crippen LogP contribution in [0.4, 0.5) is 0 Å². The van der Waals surface area contributed by atoms with Crippen LogP contribution in [0.15, 0.2) is 34.5 Å². The maximum absolute atomic E-state index is 13.0. The Bertz CT molecular complexity index is 869. The van der Waals surface area contributed by atoms with Crippen molar-refractivity contribution >= 4 is 31.4 Å². The molecular formula is C17H19NO3S2. The minimum absolute atomic E-state index is 0.0485. The Morgan fingerprint density at radius 3 is 2.87 bits per heavy atom. The first-order valence-corrected chi connectivity index (χ1v) is 10.6. The predicted octanol–water partition coefficient (Wildman–Crippen LogP) is 3.14. The van der Waals surface area contributed by atoms with E-state index in [9.17, 15) is 8.42 Å². The van der Waals surface area contributed by atoms with Crippen LogP contribution in [0.3, 0.4) is 0 Å². The zero-order valence-electron chi connectivity index (χ0n) is 12.7. The van der Waals surface area contributed by atoms with Gasteiger partial charge in [-0.15, -0.1) is 11.3 Å². The topological polar surface area (TPSA) is 55.4 Å². The van der Waals surface area contributed by atoms with Gasteiger partial charge >= 0.3 is 0 Å². The van der Waals surface area contributed by atoms with Gasteiger partial charge in [0.2, 0.25) is 10.0 Å². The Labute approximate surface area is 139 Å². The maximum Gasteiger partial charge on any atom is 0.242 e. The lowest BCUT2D eigenvalue weighted by Crippen LogP contribution is -2.71. The van der Waals surface area contributed by atoms with Crippen LogP contribution in [0.1, 0.15) is 25.7 Å². The van der Waals surface area contributed by atoms with Gasteiger partial charge in [-0.1, -0.05) is 24.6 Å². The van der Waals surface area contributed by atoms with E-state index < -0.39 is 10.0 Å². The highest BCUT2D eigenvalue weighted by Gasteiger charge is 2.67. The van der Waals surface area contributed by atoms with Crippen LogP contribution in [0.2, 0.25) is 0 Å². The van der Waals surface area contributed by atoms with Crippen molar-refractivity contribution in [2.24, 2.45) is 11.3 Å². The Morgan fingerprint density at radius 2 is 2.09 bits per heavy atom. The molecule has 0 radical (unpaired) electrons. The fourth-order valence-corrected chi connectivity index (χ4v) is 7.68.